The van der Waals surface area contributed by atoms with E-state index in [1.807, 2.05) is 66.7 Å². The minimum atomic E-state index is -1.27. The van der Waals surface area contributed by atoms with Gasteiger partial charge in [-0.3, -0.25) is 9.89 Å². The average molecular weight is 498 g/mol. The Morgan fingerprint density at radius 1 is 0.941 bits per heavy atom. The molecule has 4 rings (SSSR count). The molecular formula is C27H25N3NiO3+. The predicted molar refractivity (Wildman–Crippen MR) is 126 cm³/mol. The predicted octanol–water partition coefficient (Wildman–Crippen LogP) is 3.47. The van der Waals surface area contributed by atoms with Gasteiger partial charge in [0.25, 0.3) is 0 Å². The number of nitrogens with zero attached hydrogens (tertiary/aromatic N) is 3. The summed E-state index contributed by atoms with van der Waals surface area (Å²) in [7, 11) is 0. The summed E-state index contributed by atoms with van der Waals surface area (Å²) in [6, 6.07) is 26.3. The number of aliphatic imine (C=N–C) groups is 1. The molecule has 0 bridgehead atoms. The first-order chi connectivity index (χ1) is 16.1. The third-order valence-corrected chi connectivity index (χ3v) is 5.68. The Morgan fingerprint density at radius 2 is 1.59 bits per heavy atom. The van der Waals surface area contributed by atoms with E-state index in [0.717, 1.165) is 24.9 Å². The van der Waals surface area contributed by atoms with Gasteiger partial charge >= 0.3 is 16.5 Å². The molecule has 0 N–H and O–H groups in total. The molecule has 175 valence electrons. The third kappa shape index (κ3) is 6.40. The minimum absolute atomic E-state index is 0. The first-order valence-electron chi connectivity index (χ1n) is 11.0. The van der Waals surface area contributed by atoms with Crippen LogP contribution in [0.3, 0.4) is 0 Å². The number of hydrogen-bond acceptors (Lipinski definition) is 5. The van der Waals surface area contributed by atoms with E-state index in [1.54, 1.807) is 6.07 Å². The number of para-hydroxylation sites is 1. The molecule has 3 aromatic carbocycles. The summed E-state index contributed by atoms with van der Waals surface area (Å²) < 4.78 is 0. The number of hydrogen-bond donors (Lipinski definition) is 0. The van der Waals surface area contributed by atoms with Crippen molar-refractivity contribution in [2.75, 3.05) is 13.1 Å². The molecule has 1 unspecified atom stereocenters. The second kappa shape index (κ2) is 12.3. The topological polar surface area (TPSA) is 86.9 Å². The maximum Gasteiger partial charge on any atom is 3.00 e. The number of carboxylic acid groups (broad SMARTS) is 1. The van der Waals surface area contributed by atoms with E-state index in [1.165, 1.54) is 5.56 Å². The summed E-state index contributed by atoms with van der Waals surface area (Å²) in [4.78, 5) is 30.8. The SMILES string of the molecule is O=C([O-])CN=C(c1ccccc1)c1ccccc1[N-]C(=O)C1CCCN1Cc1ccccc1.[Ni+3]. The molecule has 0 saturated carbocycles. The Kier molecular flexibility index (Phi) is 9.14. The van der Waals surface area contributed by atoms with Gasteiger partial charge in [-0.2, -0.15) is 0 Å². The fourth-order valence-electron chi connectivity index (χ4n) is 4.15. The molecule has 0 aromatic heterocycles. The number of amides is 1. The molecule has 1 aliphatic rings. The van der Waals surface area contributed by atoms with Gasteiger partial charge in [0, 0.05) is 12.1 Å². The van der Waals surface area contributed by atoms with Crippen LogP contribution in [-0.4, -0.2) is 41.6 Å². The van der Waals surface area contributed by atoms with Crippen molar-refractivity contribution in [3.05, 3.63) is 107 Å². The molecular weight excluding hydrogens is 473 g/mol. The van der Waals surface area contributed by atoms with Gasteiger partial charge in [0.1, 0.15) is 0 Å². The molecule has 6 nitrogen and oxygen atoms in total. The maximum absolute atomic E-state index is 13.2. The summed E-state index contributed by atoms with van der Waals surface area (Å²) in [5.41, 5.74) is 3.49. The Balaban J connectivity index is 0.00000324. The van der Waals surface area contributed by atoms with Gasteiger partial charge in [-0.25, -0.2) is 0 Å². The van der Waals surface area contributed by atoms with Gasteiger partial charge in [0.05, 0.1) is 30.2 Å². The van der Waals surface area contributed by atoms with Crippen molar-refractivity contribution in [3.63, 3.8) is 0 Å². The first-order valence-corrected chi connectivity index (χ1v) is 11.0. The smallest absolute Gasteiger partial charge is 0.625 e. The van der Waals surface area contributed by atoms with Crippen molar-refractivity contribution in [1.29, 1.82) is 0 Å². The van der Waals surface area contributed by atoms with Crippen LogP contribution < -0.4 is 5.11 Å². The van der Waals surface area contributed by atoms with Crippen LogP contribution in [0.5, 0.6) is 0 Å². The number of benzene rings is 3. The van der Waals surface area contributed by atoms with E-state index in [0.29, 0.717) is 23.5 Å². The van der Waals surface area contributed by atoms with Crippen LogP contribution in [-0.2, 0) is 32.6 Å². The molecule has 1 radical (unpaired) electrons. The van der Waals surface area contributed by atoms with Gasteiger partial charge in [0.2, 0.25) is 0 Å². The van der Waals surface area contributed by atoms with Crippen LogP contribution in [0.25, 0.3) is 5.32 Å². The van der Waals surface area contributed by atoms with Crippen molar-refractivity contribution in [3.8, 4) is 0 Å². The largest absolute Gasteiger partial charge is 3.00 e. The fraction of sp³-hybridized carbons (Fsp3) is 0.222. The Bertz CT molecular complexity index is 1140. The van der Waals surface area contributed by atoms with Crippen molar-refractivity contribution in [2.45, 2.75) is 25.4 Å². The van der Waals surface area contributed by atoms with Crippen molar-refractivity contribution >= 4 is 23.3 Å². The molecule has 34 heavy (non-hydrogen) atoms. The van der Waals surface area contributed by atoms with Crippen LogP contribution in [0, 0.1) is 0 Å². The van der Waals surface area contributed by atoms with Crippen LogP contribution in [0.15, 0.2) is 89.9 Å². The van der Waals surface area contributed by atoms with E-state index < -0.39 is 12.5 Å². The van der Waals surface area contributed by atoms with Gasteiger partial charge in [-0.1, -0.05) is 84.9 Å². The normalized spacial score (nSPS) is 16.0. The third-order valence-electron chi connectivity index (χ3n) is 5.68. The van der Waals surface area contributed by atoms with Crippen LogP contribution in [0.1, 0.15) is 29.5 Å². The second-order valence-corrected chi connectivity index (χ2v) is 7.98. The van der Waals surface area contributed by atoms with Crippen LogP contribution in [0.4, 0.5) is 5.69 Å². The summed E-state index contributed by atoms with van der Waals surface area (Å²) >= 11 is 0. The monoisotopic (exact) mass is 497 g/mol. The van der Waals surface area contributed by atoms with Gasteiger partial charge in [0.15, 0.2) is 0 Å². The van der Waals surface area contributed by atoms with E-state index in [2.05, 4.69) is 27.3 Å². The number of likely N-dealkylation sites (tertiary alicyclic amines) is 1. The van der Waals surface area contributed by atoms with Crippen LogP contribution in [0.2, 0.25) is 0 Å². The van der Waals surface area contributed by atoms with E-state index in [-0.39, 0.29) is 28.4 Å². The summed E-state index contributed by atoms with van der Waals surface area (Å²) in [5.74, 6) is -1.46. The summed E-state index contributed by atoms with van der Waals surface area (Å²) in [6.07, 6.45) is 1.71. The van der Waals surface area contributed by atoms with Crippen LogP contribution >= 0.6 is 0 Å². The summed E-state index contributed by atoms with van der Waals surface area (Å²) in [6.45, 7) is 1.08. The molecule has 7 heteroatoms. The number of carbonyl (C=O) groups is 2. The van der Waals surface area contributed by atoms with Crippen molar-refractivity contribution < 1.29 is 31.2 Å². The quantitative estimate of drug-likeness (QED) is 0.352. The minimum Gasteiger partial charge on any atom is -0.625 e. The molecule has 0 aliphatic carbocycles. The zero-order chi connectivity index (χ0) is 23.0. The van der Waals surface area contributed by atoms with E-state index in [9.17, 15) is 14.7 Å². The molecule has 1 aliphatic heterocycles. The van der Waals surface area contributed by atoms with Crippen molar-refractivity contribution in [2.24, 2.45) is 4.99 Å². The second-order valence-electron chi connectivity index (χ2n) is 7.98. The number of rotatable bonds is 8. The zero-order valence-electron chi connectivity index (χ0n) is 18.6. The summed E-state index contributed by atoms with van der Waals surface area (Å²) in [5, 5.41) is 15.6. The van der Waals surface area contributed by atoms with Gasteiger partial charge in [-0.15, -0.1) is 5.69 Å². The van der Waals surface area contributed by atoms with E-state index >= 15 is 0 Å². The molecule has 1 heterocycles. The molecule has 3 aromatic rings. The fourth-order valence-corrected chi connectivity index (χ4v) is 4.15. The molecule has 1 atom stereocenters. The number of carboxylic acids is 1. The number of carbonyl (C=O) groups excluding carboxylic acids is 2. The molecule has 1 fully saturated rings. The van der Waals surface area contributed by atoms with Gasteiger partial charge in [-0.05, 0) is 30.5 Å². The number of aliphatic carboxylic acids is 1. The Labute approximate surface area is 209 Å². The molecule has 1 amide bonds. The Morgan fingerprint density at radius 3 is 2.29 bits per heavy atom. The average Bonchev–Trinajstić information content (AvgIpc) is 3.29. The maximum atomic E-state index is 13.2. The standard InChI is InChI=1S/C27H27N3O3.Ni/c31-25(32)18-28-26(21-12-5-2-6-13-21)22-14-7-8-15-23(22)29-27(33)24-16-9-17-30(24)19-20-10-3-1-4-11-20;/h1-8,10-15,24H,9,16-19H2,(H2,28,29,31,32,33);/q;+3/p-2. The van der Waals surface area contributed by atoms with Gasteiger partial charge < -0.3 is 20.0 Å². The molecule has 0 spiro atoms. The molecule has 1 saturated heterocycles. The first kappa shape index (κ1) is 25.3. The van der Waals surface area contributed by atoms with E-state index in [4.69, 9.17) is 0 Å². The Hall–Kier alpha value is -3.28. The zero-order valence-corrected chi connectivity index (χ0v) is 19.6. The van der Waals surface area contributed by atoms with Crippen molar-refractivity contribution in [1.82, 2.24) is 4.90 Å².